The molecule has 0 aliphatic carbocycles. The van der Waals surface area contributed by atoms with Crippen LogP contribution in [-0.4, -0.2) is 17.9 Å². The summed E-state index contributed by atoms with van der Waals surface area (Å²) in [6.07, 6.45) is 1.69. The van der Waals surface area contributed by atoms with Crippen molar-refractivity contribution >= 4 is 23.2 Å². The fraction of sp³-hybridized carbons (Fsp3) is 0.312. The van der Waals surface area contributed by atoms with Crippen LogP contribution in [0.5, 0.6) is 5.75 Å². The van der Waals surface area contributed by atoms with Gasteiger partial charge in [-0.05, 0) is 50.2 Å². The van der Waals surface area contributed by atoms with Crippen LogP contribution >= 0.6 is 11.6 Å². The number of amides is 1. The van der Waals surface area contributed by atoms with Gasteiger partial charge in [0, 0.05) is 5.69 Å². The van der Waals surface area contributed by atoms with Crippen molar-refractivity contribution in [1.82, 2.24) is 0 Å². The van der Waals surface area contributed by atoms with Crippen molar-refractivity contribution in [3.63, 3.8) is 0 Å². The predicted octanol–water partition coefficient (Wildman–Crippen LogP) is 3.84. The highest BCUT2D eigenvalue weighted by atomic mass is 35.5. The largest absolute Gasteiger partial charge is 0.491 e. The van der Waals surface area contributed by atoms with Crippen molar-refractivity contribution in [1.29, 1.82) is 0 Å². The van der Waals surface area contributed by atoms with Crippen molar-refractivity contribution in [2.45, 2.75) is 26.5 Å². The molecule has 2 aromatic rings. The topological polar surface area (TPSA) is 42.7 Å². The standard InChI is InChI=1S/C16H18ClNO3/c1-12(2)21-14-7-5-13(6-8-14)18(16(19)10-17)11-15-4-3-9-20-15/h3-9,12H,10-11H2,1-2H3. The molecule has 112 valence electrons. The SMILES string of the molecule is CC(C)Oc1ccc(N(Cc2ccco2)C(=O)CCl)cc1. The van der Waals surface area contributed by atoms with Gasteiger partial charge in [-0.25, -0.2) is 0 Å². The molecule has 0 radical (unpaired) electrons. The first kappa shape index (κ1) is 15.4. The molecule has 0 saturated carbocycles. The molecule has 0 unspecified atom stereocenters. The van der Waals surface area contributed by atoms with Crippen LogP contribution in [-0.2, 0) is 11.3 Å². The van der Waals surface area contributed by atoms with Crippen LogP contribution in [0.3, 0.4) is 0 Å². The molecule has 0 aliphatic heterocycles. The number of carbonyl (C=O) groups excluding carboxylic acids is 1. The number of anilines is 1. The first-order valence-electron chi connectivity index (χ1n) is 6.75. The van der Waals surface area contributed by atoms with E-state index < -0.39 is 0 Å². The van der Waals surface area contributed by atoms with Crippen molar-refractivity contribution < 1.29 is 13.9 Å². The normalized spacial score (nSPS) is 10.7. The lowest BCUT2D eigenvalue weighted by Gasteiger charge is -2.21. The second-order valence-electron chi connectivity index (χ2n) is 4.85. The Bertz CT molecular complexity index is 564. The number of alkyl halides is 1. The molecule has 1 aromatic carbocycles. The second kappa shape index (κ2) is 7.18. The van der Waals surface area contributed by atoms with E-state index in [2.05, 4.69) is 0 Å². The smallest absolute Gasteiger partial charge is 0.242 e. The summed E-state index contributed by atoms with van der Waals surface area (Å²) in [7, 11) is 0. The molecule has 4 nitrogen and oxygen atoms in total. The number of nitrogens with zero attached hydrogens (tertiary/aromatic N) is 1. The van der Waals surface area contributed by atoms with E-state index in [0.29, 0.717) is 12.3 Å². The average molecular weight is 308 g/mol. The van der Waals surface area contributed by atoms with E-state index in [1.807, 2.05) is 44.2 Å². The molecule has 2 rings (SSSR count). The molecule has 0 N–H and O–H groups in total. The first-order valence-corrected chi connectivity index (χ1v) is 7.29. The van der Waals surface area contributed by atoms with Gasteiger partial charge in [0.25, 0.3) is 0 Å². The third kappa shape index (κ3) is 4.26. The van der Waals surface area contributed by atoms with Crippen LogP contribution in [0.25, 0.3) is 0 Å². The summed E-state index contributed by atoms with van der Waals surface area (Å²) in [6, 6.07) is 11.0. The van der Waals surface area contributed by atoms with Gasteiger partial charge in [0.05, 0.1) is 18.9 Å². The molecule has 1 aromatic heterocycles. The fourth-order valence-corrected chi connectivity index (χ4v) is 2.08. The number of rotatable bonds is 6. The van der Waals surface area contributed by atoms with E-state index in [1.54, 1.807) is 17.2 Å². The lowest BCUT2D eigenvalue weighted by molar-refractivity contribution is -0.116. The lowest BCUT2D eigenvalue weighted by atomic mass is 10.2. The zero-order valence-corrected chi connectivity index (χ0v) is 12.8. The maximum Gasteiger partial charge on any atom is 0.242 e. The monoisotopic (exact) mass is 307 g/mol. The van der Waals surface area contributed by atoms with Gasteiger partial charge in [-0.1, -0.05) is 0 Å². The van der Waals surface area contributed by atoms with Crippen LogP contribution < -0.4 is 9.64 Å². The van der Waals surface area contributed by atoms with Gasteiger partial charge >= 0.3 is 0 Å². The molecule has 0 bridgehead atoms. The van der Waals surface area contributed by atoms with Gasteiger partial charge in [0.2, 0.25) is 5.91 Å². The Morgan fingerprint density at radius 2 is 2.00 bits per heavy atom. The Morgan fingerprint density at radius 3 is 2.52 bits per heavy atom. The molecule has 0 fully saturated rings. The number of furan rings is 1. The van der Waals surface area contributed by atoms with Gasteiger partial charge in [-0.15, -0.1) is 11.6 Å². The van der Waals surface area contributed by atoms with Crippen LogP contribution in [0.2, 0.25) is 0 Å². The summed E-state index contributed by atoms with van der Waals surface area (Å²) in [6.45, 7) is 4.28. The highest BCUT2D eigenvalue weighted by Crippen LogP contribution is 2.22. The maximum absolute atomic E-state index is 12.0. The van der Waals surface area contributed by atoms with Crippen LogP contribution in [0.4, 0.5) is 5.69 Å². The Hall–Kier alpha value is -1.94. The molecule has 5 heteroatoms. The minimum absolute atomic E-state index is 0.0784. The highest BCUT2D eigenvalue weighted by molar-refractivity contribution is 6.29. The Balaban J connectivity index is 2.18. The Kier molecular flexibility index (Phi) is 5.28. The molecule has 21 heavy (non-hydrogen) atoms. The summed E-state index contributed by atoms with van der Waals surface area (Å²) < 4.78 is 10.9. The van der Waals surface area contributed by atoms with E-state index in [1.165, 1.54) is 0 Å². The minimum atomic E-state index is -0.175. The molecule has 1 heterocycles. The maximum atomic E-state index is 12.0. The number of ether oxygens (including phenoxy) is 1. The quantitative estimate of drug-likeness (QED) is 0.762. The molecular weight excluding hydrogens is 290 g/mol. The van der Waals surface area contributed by atoms with Crippen LogP contribution in [0.15, 0.2) is 47.1 Å². The average Bonchev–Trinajstić information content (AvgIpc) is 2.97. The van der Waals surface area contributed by atoms with Gasteiger partial charge in [-0.2, -0.15) is 0 Å². The summed E-state index contributed by atoms with van der Waals surface area (Å²) in [5.74, 6) is 1.22. The molecule has 0 saturated heterocycles. The number of benzene rings is 1. The summed E-state index contributed by atoms with van der Waals surface area (Å²) in [4.78, 5) is 13.6. The van der Waals surface area contributed by atoms with Gasteiger partial charge in [-0.3, -0.25) is 4.79 Å². The zero-order valence-electron chi connectivity index (χ0n) is 12.1. The van der Waals surface area contributed by atoms with Crippen molar-refractivity contribution in [3.05, 3.63) is 48.4 Å². The van der Waals surface area contributed by atoms with Crippen molar-refractivity contribution in [3.8, 4) is 5.75 Å². The summed E-state index contributed by atoms with van der Waals surface area (Å²) >= 11 is 5.69. The molecular formula is C16H18ClNO3. The third-order valence-electron chi connectivity index (χ3n) is 2.83. The predicted molar refractivity (Wildman–Crippen MR) is 82.8 cm³/mol. The highest BCUT2D eigenvalue weighted by Gasteiger charge is 2.16. The number of halogens is 1. The van der Waals surface area contributed by atoms with E-state index >= 15 is 0 Å². The van der Waals surface area contributed by atoms with Crippen LogP contribution in [0.1, 0.15) is 19.6 Å². The van der Waals surface area contributed by atoms with E-state index in [-0.39, 0.29) is 17.9 Å². The van der Waals surface area contributed by atoms with Gasteiger partial charge < -0.3 is 14.1 Å². The Labute approximate surface area is 129 Å². The molecule has 0 atom stereocenters. The third-order valence-corrected chi connectivity index (χ3v) is 3.06. The molecule has 0 aliphatic rings. The number of hydrogen-bond donors (Lipinski definition) is 0. The summed E-state index contributed by atoms with van der Waals surface area (Å²) in [5, 5.41) is 0. The van der Waals surface area contributed by atoms with Crippen molar-refractivity contribution in [2.75, 3.05) is 10.8 Å². The molecule has 0 spiro atoms. The number of hydrogen-bond acceptors (Lipinski definition) is 3. The van der Waals surface area contributed by atoms with E-state index in [9.17, 15) is 4.79 Å². The lowest BCUT2D eigenvalue weighted by Crippen LogP contribution is -2.31. The first-order chi connectivity index (χ1) is 10.1. The zero-order chi connectivity index (χ0) is 15.2. The second-order valence-corrected chi connectivity index (χ2v) is 5.12. The van der Waals surface area contributed by atoms with Gasteiger partial charge in [0.15, 0.2) is 0 Å². The van der Waals surface area contributed by atoms with E-state index in [4.69, 9.17) is 20.8 Å². The Morgan fingerprint density at radius 1 is 1.29 bits per heavy atom. The fourth-order valence-electron chi connectivity index (χ4n) is 1.93. The van der Waals surface area contributed by atoms with Crippen molar-refractivity contribution in [2.24, 2.45) is 0 Å². The number of carbonyl (C=O) groups is 1. The van der Waals surface area contributed by atoms with Crippen LogP contribution in [0, 0.1) is 0 Å². The summed E-state index contributed by atoms with van der Waals surface area (Å²) in [5.41, 5.74) is 0.758. The minimum Gasteiger partial charge on any atom is -0.491 e. The van der Waals surface area contributed by atoms with E-state index in [0.717, 1.165) is 11.4 Å². The van der Waals surface area contributed by atoms with Gasteiger partial charge in [0.1, 0.15) is 17.4 Å². The molecule has 1 amide bonds.